The number of fused-ring (bicyclic) bond motifs is 1. The minimum atomic E-state index is 0.272. The van der Waals surface area contributed by atoms with Crippen LogP contribution in [0.3, 0.4) is 0 Å². The third kappa shape index (κ3) is 2.31. The molecule has 0 aliphatic carbocycles. The van der Waals surface area contributed by atoms with Crippen LogP contribution >= 0.6 is 0 Å². The van der Waals surface area contributed by atoms with Crippen molar-refractivity contribution in [3.8, 4) is 5.75 Å². The smallest absolute Gasteiger partial charge is 0.123 e. The molecule has 2 heterocycles. The van der Waals surface area contributed by atoms with Gasteiger partial charge in [-0.1, -0.05) is 0 Å². The standard InChI is InChI=1S/C14H19N3O2/c1-18-10-4-5-12-13(7-10)17(14(8-15)16-12)9-11-3-2-6-19-11/h4-5,7,11H,2-3,6,8-9,15H2,1H3. The second-order valence-corrected chi connectivity index (χ2v) is 4.83. The Balaban J connectivity index is 2.02. The minimum absolute atomic E-state index is 0.272. The molecular weight excluding hydrogens is 242 g/mol. The SMILES string of the molecule is COc1ccc2nc(CN)n(CC3CCCO3)c2c1. The molecule has 1 aliphatic rings. The van der Waals surface area contributed by atoms with Gasteiger partial charge in [-0.3, -0.25) is 0 Å². The van der Waals surface area contributed by atoms with Crippen molar-refractivity contribution in [1.29, 1.82) is 0 Å². The van der Waals surface area contributed by atoms with Crippen LogP contribution < -0.4 is 10.5 Å². The number of nitrogens with zero attached hydrogens (tertiary/aromatic N) is 2. The summed E-state index contributed by atoms with van der Waals surface area (Å²) in [5.41, 5.74) is 7.83. The van der Waals surface area contributed by atoms with Crippen LogP contribution in [0.4, 0.5) is 0 Å². The van der Waals surface area contributed by atoms with Crippen LogP contribution in [0.1, 0.15) is 18.7 Å². The second kappa shape index (κ2) is 5.19. The van der Waals surface area contributed by atoms with Gasteiger partial charge in [0.2, 0.25) is 0 Å². The molecule has 0 bridgehead atoms. The van der Waals surface area contributed by atoms with E-state index in [-0.39, 0.29) is 6.10 Å². The molecule has 0 spiro atoms. The van der Waals surface area contributed by atoms with Gasteiger partial charge >= 0.3 is 0 Å². The van der Waals surface area contributed by atoms with Gasteiger partial charge in [-0.25, -0.2) is 4.98 Å². The van der Waals surface area contributed by atoms with Crippen LogP contribution in [-0.2, 0) is 17.8 Å². The van der Waals surface area contributed by atoms with Gasteiger partial charge in [0.25, 0.3) is 0 Å². The molecule has 0 radical (unpaired) electrons. The number of imidazole rings is 1. The summed E-state index contributed by atoms with van der Waals surface area (Å²) in [4.78, 5) is 4.58. The zero-order valence-electron chi connectivity index (χ0n) is 11.1. The highest BCUT2D eigenvalue weighted by Crippen LogP contribution is 2.24. The number of hydrogen-bond acceptors (Lipinski definition) is 4. The van der Waals surface area contributed by atoms with E-state index >= 15 is 0 Å². The summed E-state index contributed by atoms with van der Waals surface area (Å²) in [6.07, 6.45) is 2.51. The molecule has 2 aromatic rings. The number of methoxy groups -OCH3 is 1. The number of benzene rings is 1. The van der Waals surface area contributed by atoms with Gasteiger partial charge in [-0.2, -0.15) is 0 Å². The van der Waals surface area contributed by atoms with E-state index in [1.165, 1.54) is 0 Å². The third-order valence-electron chi connectivity index (χ3n) is 3.63. The third-order valence-corrected chi connectivity index (χ3v) is 3.63. The summed E-state index contributed by atoms with van der Waals surface area (Å²) in [5.74, 6) is 1.74. The summed E-state index contributed by atoms with van der Waals surface area (Å²) >= 11 is 0. The van der Waals surface area contributed by atoms with Gasteiger partial charge in [-0.15, -0.1) is 0 Å². The maximum Gasteiger partial charge on any atom is 0.123 e. The molecular formula is C14H19N3O2. The highest BCUT2D eigenvalue weighted by atomic mass is 16.5. The maximum atomic E-state index is 5.80. The van der Waals surface area contributed by atoms with Gasteiger partial charge in [0.15, 0.2) is 0 Å². The molecule has 5 heteroatoms. The van der Waals surface area contributed by atoms with E-state index in [0.717, 1.165) is 48.6 Å². The Morgan fingerprint density at radius 1 is 1.53 bits per heavy atom. The molecule has 1 aliphatic heterocycles. The van der Waals surface area contributed by atoms with E-state index in [4.69, 9.17) is 15.2 Å². The Bertz CT molecular complexity index is 573. The van der Waals surface area contributed by atoms with E-state index in [1.54, 1.807) is 7.11 Å². The number of nitrogens with two attached hydrogens (primary N) is 1. The van der Waals surface area contributed by atoms with Crippen molar-refractivity contribution in [2.75, 3.05) is 13.7 Å². The van der Waals surface area contributed by atoms with Crippen molar-refractivity contribution in [2.45, 2.75) is 32.0 Å². The lowest BCUT2D eigenvalue weighted by molar-refractivity contribution is 0.0972. The van der Waals surface area contributed by atoms with Crippen LogP contribution in [0.15, 0.2) is 18.2 Å². The zero-order valence-corrected chi connectivity index (χ0v) is 11.1. The van der Waals surface area contributed by atoms with Crippen LogP contribution in [0.2, 0.25) is 0 Å². The van der Waals surface area contributed by atoms with Crippen molar-refractivity contribution in [3.63, 3.8) is 0 Å². The van der Waals surface area contributed by atoms with Gasteiger partial charge in [0.05, 0.1) is 37.3 Å². The molecule has 102 valence electrons. The van der Waals surface area contributed by atoms with E-state index < -0.39 is 0 Å². The van der Waals surface area contributed by atoms with Crippen LogP contribution in [0.25, 0.3) is 11.0 Å². The molecule has 1 fully saturated rings. The second-order valence-electron chi connectivity index (χ2n) is 4.83. The Morgan fingerprint density at radius 3 is 3.11 bits per heavy atom. The summed E-state index contributed by atoms with van der Waals surface area (Å²) in [5, 5.41) is 0. The van der Waals surface area contributed by atoms with Crippen molar-refractivity contribution in [2.24, 2.45) is 5.73 Å². The maximum absolute atomic E-state index is 5.80. The Labute approximate surface area is 112 Å². The van der Waals surface area contributed by atoms with Gasteiger partial charge in [0, 0.05) is 12.7 Å². The first-order chi connectivity index (χ1) is 9.31. The fourth-order valence-corrected chi connectivity index (χ4v) is 2.63. The van der Waals surface area contributed by atoms with Crippen molar-refractivity contribution < 1.29 is 9.47 Å². The van der Waals surface area contributed by atoms with Gasteiger partial charge in [-0.05, 0) is 25.0 Å². The van der Waals surface area contributed by atoms with Crippen molar-refractivity contribution in [1.82, 2.24) is 9.55 Å². The molecule has 5 nitrogen and oxygen atoms in total. The first-order valence-electron chi connectivity index (χ1n) is 6.66. The summed E-state index contributed by atoms with van der Waals surface area (Å²) in [6.45, 7) is 2.11. The Morgan fingerprint density at radius 2 is 2.42 bits per heavy atom. The molecule has 1 saturated heterocycles. The monoisotopic (exact) mass is 261 g/mol. The van der Waals surface area contributed by atoms with E-state index in [2.05, 4.69) is 9.55 Å². The van der Waals surface area contributed by atoms with Crippen LogP contribution in [-0.4, -0.2) is 29.4 Å². The molecule has 1 atom stereocenters. The van der Waals surface area contributed by atoms with Crippen LogP contribution in [0.5, 0.6) is 5.75 Å². The molecule has 19 heavy (non-hydrogen) atoms. The fourth-order valence-electron chi connectivity index (χ4n) is 2.63. The largest absolute Gasteiger partial charge is 0.497 e. The lowest BCUT2D eigenvalue weighted by Crippen LogP contribution is -2.18. The molecule has 3 rings (SSSR count). The lowest BCUT2D eigenvalue weighted by Gasteiger charge is -2.13. The van der Waals surface area contributed by atoms with Crippen LogP contribution in [0, 0.1) is 0 Å². The first kappa shape index (κ1) is 12.4. The molecule has 1 aromatic carbocycles. The number of aromatic nitrogens is 2. The molecule has 2 N–H and O–H groups in total. The average molecular weight is 261 g/mol. The zero-order chi connectivity index (χ0) is 13.2. The lowest BCUT2D eigenvalue weighted by atomic mass is 10.2. The molecule has 0 amide bonds. The highest BCUT2D eigenvalue weighted by molar-refractivity contribution is 5.77. The van der Waals surface area contributed by atoms with E-state index in [1.807, 2.05) is 18.2 Å². The first-order valence-corrected chi connectivity index (χ1v) is 6.66. The van der Waals surface area contributed by atoms with E-state index in [9.17, 15) is 0 Å². The number of hydrogen-bond donors (Lipinski definition) is 1. The number of rotatable bonds is 4. The Hall–Kier alpha value is -1.59. The Kier molecular flexibility index (Phi) is 3.40. The average Bonchev–Trinajstić information content (AvgIpc) is 3.07. The summed E-state index contributed by atoms with van der Waals surface area (Å²) in [7, 11) is 1.67. The molecule has 0 saturated carbocycles. The van der Waals surface area contributed by atoms with E-state index in [0.29, 0.717) is 6.54 Å². The van der Waals surface area contributed by atoms with Gasteiger partial charge in [0.1, 0.15) is 11.6 Å². The van der Waals surface area contributed by atoms with Gasteiger partial charge < -0.3 is 19.8 Å². The summed E-state index contributed by atoms with van der Waals surface area (Å²) in [6, 6.07) is 5.90. The quantitative estimate of drug-likeness (QED) is 0.909. The molecule has 1 unspecified atom stereocenters. The predicted molar refractivity (Wildman–Crippen MR) is 73.2 cm³/mol. The molecule has 1 aromatic heterocycles. The summed E-state index contributed by atoms with van der Waals surface area (Å²) < 4.78 is 13.2. The highest BCUT2D eigenvalue weighted by Gasteiger charge is 2.19. The van der Waals surface area contributed by atoms with Crippen molar-refractivity contribution in [3.05, 3.63) is 24.0 Å². The predicted octanol–water partition coefficient (Wildman–Crippen LogP) is 1.68. The number of ether oxygens (including phenoxy) is 2. The topological polar surface area (TPSA) is 62.3 Å². The normalized spacial score (nSPS) is 19.2. The fraction of sp³-hybridized carbons (Fsp3) is 0.500. The van der Waals surface area contributed by atoms with Crippen molar-refractivity contribution >= 4 is 11.0 Å². The minimum Gasteiger partial charge on any atom is -0.497 e.